The summed E-state index contributed by atoms with van der Waals surface area (Å²) in [5.74, 6) is 1.41. The summed E-state index contributed by atoms with van der Waals surface area (Å²) in [4.78, 5) is 24.8. The number of nitrogens with one attached hydrogen (secondary N) is 2. The van der Waals surface area contributed by atoms with Gasteiger partial charge in [0, 0.05) is 23.4 Å². The molecule has 1 amide bonds. The number of fused-ring (bicyclic) bond motifs is 1. The van der Waals surface area contributed by atoms with Crippen LogP contribution in [0.15, 0.2) is 65.3 Å². The van der Waals surface area contributed by atoms with Crippen molar-refractivity contribution in [1.82, 2.24) is 25.4 Å². The number of hydrogen-bond donors (Lipinski definition) is 3. The minimum atomic E-state index is -0.241. The van der Waals surface area contributed by atoms with Crippen molar-refractivity contribution in [2.24, 2.45) is 0 Å². The molecule has 0 atom stereocenters. The number of carbonyl (C=O) groups is 1. The summed E-state index contributed by atoms with van der Waals surface area (Å²) < 4.78 is 10.7. The molecule has 0 unspecified atom stereocenters. The molecule has 182 valence electrons. The third kappa shape index (κ3) is 4.63. The molecule has 2 aromatic carbocycles. The molecule has 5 rings (SSSR count). The predicted octanol–water partition coefficient (Wildman–Crippen LogP) is 4.88. The van der Waals surface area contributed by atoms with Crippen LogP contribution in [0.4, 0.5) is 0 Å². The first-order chi connectivity index (χ1) is 17.6. The monoisotopic (exact) mass is 483 g/mol. The summed E-state index contributed by atoms with van der Waals surface area (Å²) in [6.07, 6.45) is 3.47. The van der Waals surface area contributed by atoms with Gasteiger partial charge >= 0.3 is 0 Å². The van der Waals surface area contributed by atoms with Crippen LogP contribution in [0, 0.1) is 0 Å². The lowest BCUT2D eigenvalue weighted by Gasteiger charge is -2.09. The fraction of sp³-hybridized carbons (Fsp3) is 0.185. The maximum atomic E-state index is 12.7. The van der Waals surface area contributed by atoms with E-state index in [1.54, 1.807) is 43.6 Å². The summed E-state index contributed by atoms with van der Waals surface area (Å²) in [6.45, 7) is 2.32. The number of rotatable bonds is 8. The van der Waals surface area contributed by atoms with Gasteiger partial charge in [-0.2, -0.15) is 0 Å². The molecule has 5 aromatic rings. The molecule has 0 spiro atoms. The minimum Gasteiger partial charge on any atom is -0.507 e. The number of pyridine rings is 1. The molecule has 3 aromatic heterocycles. The molecule has 0 saturated carbocycles. The smallest absolute Gasteiger partial charge is 0.251 e. The van der Waals surface area contributed by atoms with Gasteiger partial charge < -0.3 is 24.7 Å². The largest absolute Gasteiger partial charge is 0.507 e. The standard InChI is InChI=1S/C27H25N5O4/c1-3-5-18-14-19(36-32-18)15-29-26(34)17-7-9-22-23(13-17)31-25(30-22)21-12-16(8-10-24(21)33)20-6-4-11-28-27(20)35-2/h4,6-14,33H,3,5,15H2,1-2H3,(H,29,34)(H,30,31). The van der Waals surface area contributed by atoms with E-state index in [1.165, 1.54) is 0 Å². The van der Waals surface area contributed by atoms with E-state index < -0.39 is 0 Å². The number of H-pyrrole nitrogens is 1. The lowest BCUT2D eigenvalue weighted by atomic mass is 10.0. The van der Waals surface area contributed by atoms with Crippen molar-refractivity contribution in [3.63, 3.8) is 0 Å². The van der Waals surface area contributed by atoms with E-state index in [-0.39, 0.29) is 18.2 Å². The third-order valence-corrected chi connectivity index (χ3v) is 5.81. The van der Waals surface area contributed by atoms with Crippen LogP contribution in [0.3, 0.4) is 0 Å². The number of benzene rings is 2. The van der Waals surface area contributed by atoms with Gasteiger partial charge in [-0.1, -0.05) is 24.6 Å². The normalized spacial score (nSPS) is 11.1. The molecular weight excluding hydrogens is 458 g/mol. The number of nitrogens with zero attached hydrogens (tertiary/aromatic N) is 3. The van der Waals surface area contributed by atoms with Crippen LogP contribution in [0.5, 0.6) is 11.6 Å². The molecule has 0 fully saturated rings. The Bertz CT molecular complexity index is 1540. The number of carbonyl (C=O) groups excluding carboxylic acids is 1. The van der Waals surface area contributed by atoms with E-state index in [9.17, 15) is 9.90 Å². The van der Waals surface area contributed by atoms with Gasteiger partial charge in [0.25, 0.3) is 5.91 Å². The lowest BCUT2D eigenvalue weighted by molar-refractivity contribution is 0.0947. The van der Waals surface area contributed by atoms with E-state index in [2.05, 4.69) is 32.3 Å². The van der Waals surface area contributed by atoms with Crippen molar-refractivity contribution in [3.8, 4) is 34.1 Å². The first-order valence-electron chi connectivity index (χ1n) is 11.6. The number of ether oxygens (including phenoxy) is 1. The predicted molar refractivity (Wildman–Crippen MR) is 135 cm³/mol. The minimum absolute atomic E-state index is 0.0770. The van der Waals surface area contributed by atoms with Crippen LogP contribution in [0.25, 0.3) is 33.5 Å². The van der Waals surface area contributed by atoms with E-state index in [0.29, 0.717) is 39.6 Å². The number of hydrogen-bond acceptors (Lipinski definition) is 7. The van der Waals surface area contributed by atoms with Crippen molar-refractivity contribution >= 4 is 16.9 Å². The van der Waals surface area contributed by atoms with Gasteiger partial charge in [-0.05, 0) is 54.4 Å². The number of amides is 1. The van der Waals surface area contributed by atoms with Gasteiger partial charge in [-0.15, -0.1) is 0 Å². The van der Waals surface area contributed by atoms with E-state index in [0.717, 1.165) is 29.7 Å². The molecule has 0 aliphatic carbocycles. The Labute approximate surface area is 207 Å². The highest BCUT2D eigenvalue weighted by atomic mass is 16.5. The maximum absolute atomic E-state index is 12.7. The second-order valence-electron chi connectivity index (χ2n) is 8.33. The summed E-state index contributed by atoms with van der Waals surface area (Å²) >= 11 is 0. The van der Waals surface area contributed by atoms with Gasteiger partial charge in [-0.3, -0.25) is 4.79 Å². The molecular formula is C27H25N5O4. The number of methoxy groups -OCH3 is 1. The van der Waals surface area contributed by atoms with E-state index in [1.807, 2.05) is 24.3 Å². The number of aromatic amines is 1. The van der Waals surface area contributed by atoms with E-state index in [4.69, 9.17) is 9.26 Å². The third-order valence-electron chi connectivity index (χ3n) is 5.81. The Morgan fingerprint density at radius 3 is 2.86 bits per heavy atom. The molecule has 3 heterocycles. The zero-order chi connectivity index (χ0) is 25.1. The van der Waals surface area contributed by atoms with Crippen molar-refractivity contribution in [2.45, 2.75) is 26.3 Å². The molecule has 0 saturated heterocycles. The molecule has 9 heteroatoms. The van der Waals surface area contributed by atoms with Gasteiger partial charge in [0.05, 0.1) is 35.9 Å². The quantitative estimate of drug-likeness (QED) is 0.287. The van der Waals surface area contributed by atoms with Crippen LogP contribution < -0.4 is 10.1 Å². The highest BCUT2D eigenvalue weighted by Crippen LogP contribution is 2.35. The Morgan fingerprint density at radius 2 is 2.03 bits per heavy atom. The first-order valence-corrected chi connectivity index (χ1v) is 11.6. The fourth-order valence-corrected chi connectivity index (χ4v) is 4.03. The topological polar surface area (TPSA) is 126 Å². The zero-order valence-electron chi connectivity index (χ0n) is 19.9. The second kappa shape index (κ2) is 9.91. The van der Waals surface area contributed by atoms with Crippen molar-refractivity contribution < 1.29 is 19.2 Å². The Morgan fingerprint density at radius 1 is 1.14 bits per heavy atom. The number of aromatic nitrogens is 4. The summed E-state index contributed by atoms with van der Waals surface area (Å²) in [6, 6.07) is 16.0. The lowest BCUT2D eigenvalue weighted by Crippen LogP contribution is -2.22. The SMILES string of the molecule is CCCc1cc(CNC(=O)c2ccc3nc(-c4cc(-c5cccnc5OC)ccc4O)[nH]c3c2)on1. The maximum Gasteiger partial charge on any atom is 0.251 e. The van der Waals surface area contributed by atoms with Gasteiger partial charge in [0.15, 0.2) is 5.76 Å². The van der Waals surface area contributed by atoms with Crippen LogP contribution in [0.1, 0.15) is 35.2 Å². The zero-order valence-corrected chi connectivity index (χ0v) is 19.9. The molecule has 0 aliphatic heterocycles. The molecule has 0 radical (unpaired) electrons. The van der Waals surface area contributed by atoms with E-state index >= 15 is 0 Å². The Hall–Kier alpha value is -4.66. The number of aryl methyl sites for hydroxylation is 1. The van der Waals surface area contributed by atoms with Crippen LogP contribution in [0.2, 0.25) is 0 Å². The second-order valence-corrected chi connectivity index (χ2v) is 8.33. The summed E-state index contributed by atoms with van der Waals surface area (Å²) in [7, 11) is 1.56. The average Bonchev–Trinajstić information content (AvgIpc) is 3.54. The van der Waals surface area contributed by atoms with Gasteiger partial charge in [0.2, 0.25) is 5.88 Å². The molecule has 0 bridgehead atoms. The fourth-order valence-electron chi connectivity index (χ4n) is 4.03. The average molecular weight is 484 g/mol. The molecule has 0 aliphatic rings. The van der Waals surface area contributed by atoms with Crippen molar-refractivity contribution in [2.75, 3.05) is 7.11 Å². The first kappa shape index (κ1) is 23.1. The summed E-state index contributed by atoms with van der Waals surface area (Å²) in [5, 5.41) is 17.4. The highest BCUT2D eigenvalue weighted by molar-refractivity contribution is 5.97. The number of phenols is 1. The molecule has 9 nitrogen and oxygen atoms in total. The molecule has 3 N–H and O–H groups in total. The van der Waals surface area contributed by atoms with Crippen molar-refractivity contribution in [3.05, 3.63) is 77.8 Å². The Kier molecular flexibility index (Phi) is 6.36. The van der Waals surface area contributed by atoms with Gasteiger partial charge in [0.1, 0.15) is 11.6 Å². The van der Waals surface area contributed by atoms with Crippen LogP contribution in [-0.4, -0.2) is 38.2 Å². The number of phenolic OH excluding ortho intramolecular Hbond substituents is 1. The van der Waals surface area contributed by atoms with Gasteiger partial charge in [-0.25, -0.2) is 9.97 Å². The molecule has 36 heavy (non-hydrogen) atoms. The van der Waals surface area contributed by atoms with Crippen molar-refractivity contribution in [1.29, 1.82) is 0 Å². The van der Waals surface area contributed by atoms with Crippen LogP contribution >= 0.6 is 0 Å². The number of imidazole rings is 1. The highest BCUT2D eigenvalue weighted by Gasteiger charge is 2.15. The number of aromatic hydroxyl groups is 1. The van der Waals surface area contributed by atoms with Crippen LogP contribution in [-0.2, 0) is 13.0 Å². The Balaban J connectivity index is 1.39. The summed E-state index contributed by atoms with van der Waals surface area (Å²) in [5.41, 5.74) is 4.84.